The standard InChI is InChI=1S/C14H10Cl3N5O4/c1-26-8-3-2-6(4-7(8)22(24)25)5-19-21-14(23)12-9(15)11(18)10(16)13(17)20-12/h2-5H,1H3,(H2,18,20)(H,21,23)/b19-5+. The number of halogens is 3. The lowest BCUT2D eigenvalue weighted by Crippen LogP contribution is -2.20. The fourth-order valence-electron chi connectivity index (χ4n) is 1.83. The van der Waals surface area contributed by atoms with Gasteiger partial charge < -0.3 is 10.5 Å². The number of pyridine rings is 1. The van der Waals surface area contributed by atoms with Crippen LogP contribution in [-0.2, 0) is 0 Å². The second-order valence-corrected chi connectivity index (χ2v) is 5.79. The summed E-state index contributed by atoms with van der Waals surface area (Å²) in [4.78, 5) is 26.2. The smallest absolute Gasteiger partial charge is 0.311 e. The molecule has 2 rings (SSSR count). The van der Waals surface area contributed by atoms with Crippen molar-refractivity contribution >= 4 is 58.3 Å². The Morgan fingerprint density at radius 3 is 2.69 bits per heavy atom. The SMILES string of the molecule is COc1ccc(/C=N/NC(=O)c2nc(Cl)c(Cl)c(N)c2Cl)cc1[N+](=O)[O-]. The van der Waals surface area contributed by atoms with Gasteiger partial charge in [-0.05, 0) is 12.1 Å². The van der Waals surface area contributed by atoms with Crippen LogP contribution in [0.3, 0.4) is 0 Å². The summed E-state index contributed by atoms with van der Waals surface area (Å²) in [5, 5.41) is 14.2. The monoisotopic (exact) mass is 417 g/mol. The lowest BCUT2D eigenvalue weighted by atomic mass is 10.2. The first-order chi connectivity index (χ1) is 12.3. The Labute approximate surface area is 161 Å². The van der Waals surface area contributed by atoms with E-state index in [1.54, 1.807) is 0 Å². The van der Waals surface area contributed by atoms with Gasteiger partial charge in [0.2, 0.25) is 0 Å². The Bertz CT molecular complexity index is 920. The highest BCUT2D eigenvalue weighted by Gasteiger charge is 2.19. The number of anilines is 1. The lowest BCUT2D eigenvalue weighted by molar-refractivity contribution is -0.385. The number of carbonyl (C=O) groups excluding carboxylic acids is 1. The molecule has 0 aliphatic rings. The van der Waals surface area contributed by atoms with E-state index in [1.165, 1.54) is 31.5 Å². The van der Waals surface area contributed by atoms with Gasteiger partial charge in [-0.3, -0.25) is 14.9 Å². The van der Waals surface area contributed by atoms with E-state index in [0.29, 0.717) is 5.56 Å². The molecule has 0 fully saturated rings. The third kappa shape index (κ3) is 4.13. The number of carbonyl (C=O) groups is 1. The predicted octanol–water partition coefficient (Wildman–Crippen LogP) is 3.30. The van der Waals surface area contributed by atoms with E-state index < -0.39 is 10.8 Å². The Balaban J connectivity index is 2.20. The molecular formula is C14H10Cl3N5O4. The number of methoxy groups -OCH3 is 1. The molecule has 1 aromatic heterocycles. The largest absolute Gasteiger partial charge is 0.490 e. The highest BCUT2D eigenvalue weighted by Crippen LogP contribution is 2.34. The second-order valence-electron chi connectivity index (χ2n) is 4.68. The number of nitrogens with zero attached hydrogens (tertiary/aromatic N) is 3. The maximum atomic E-state index is 12.1. The normalized spacial score (nSPS) is 10.8. The molecule has 0 saturated heterocycles. The number of hydrazone groups is 1. The van der Waals surface area contributed by atoms with E-state index in [2.05, 4.69) is 15.5 Å². The van der Waals surface area contributed by atoms with Crippen molar-refractivity contribution in [3.63, 3.8) is 0 Å². The van der Waals surface area contributed by atoms with Gasteiger partial charge in [0.1, 0.15) is 5.02 Å². The van der Waals surface area contributed by atoms with Gasteiger partial charge in [0.15, 0.2) is 16.6 Å². The lowest BCUT2D eigenvalue weighted by Gasteiger charge is -2.07. The van der Waals surface area contributed by atoms with E-state index >= 15 is 0 Å². The summed E-state index contributed by atoms with van der Waals surface area (Å²) in [6, 6.07) is 4.15. The number of hydrogen-bond acceptors (Lipinski definition) is 7. The summed E-state index contributed by atoms with van der Waals surface area (Å²) in [5.41, 5.74) is 7.55. The third-order valence-corrected chi connectivity index (χ3v) is 4.20. The van der Waals surface area contributed by atoms with Crippen LogP contribution in [0.4, 0.5) is 11.4 Å². The van der Waals surface area contributed by atoms with Crippen LogP contribution in [0.15, 0.2) is 23.3 Å². The summed E-state index contributed by atoms with van der Waals surface area (Å²) in [7, 11) is 1.32. The molecule has 2 aromatic rings. The minimum absolute atomic E-state index is 0.0674. The molecule has 0 saturated carbocycles. The zero-order chi connectivity index (χ0) is 19.4. The summed E-state index contributed by atoms with van der Waals surface area (Å²) < 4.78 is 4.89. The Hall–Kier alpha value is -2.62. The highest BCUT2D eigenvalue weighted by atomic mass is 35.5. The molecule has 0 spiro atoms. The van der Waals surface area contributed by atoms with Gasteiger partial charge in [-0.1, -0.05) is 34.8 Å². The van der Waals surface area contributed by atoms with Gasteiger partial charge in [-0.2, -0.15) is 5.10 Å². The number of amides is 1. The number of nitrogens with two attached hydrogens (primary N) is 1. The van der Waals surface area contributed by atoms with E-state index in [9.17, 15) is 14.9 Å². The Morgan fingerprint density at radius 2 is 2.08 bits per heavy atom. The zero-order valence-corrected chi connectivity index (χ0v) is 15.3. The molecule has 3 N–H and O–H groups in total. The van der Waals surface area contributed by atoms with Crippen molar-refractivity contribution in [2.24, 2.45) is 5.10 Å². The van der Waals surface area contributed by atoms with Crippen LogP contribution in [0.1, 0.15) is 16.1 Å². The van der Waals surface area contributed by atoms with Crippen molar-refractivity contribution in [2.75, 3.05) is 12.8 Å². The number of hydrogen-bond donors (Lipinski definition) is 2. The number of rotatable bonds is 5. The molecule has 9 nitrogen and oxygen atoms in total. The van der Waals surface area contributed by atoms with Crippen molar-refractivity contribution in [1.29, 1.82) is 0 Å². The fraction of sp³-hybridized carbons (Fsp3) is 0.0714. The molecule has 0 atom stereocenters. The number of ether oxygens (including phenoxy) is 1. The van der Waals surface area contributed by atoms with Crippen molar-refractivity contribution < 1.29 is 14.5 Å². The van der Waals surface area contributed by atoms with Crippen LogP contribution >= 0.6 is 34.8 Å². The summed E-state index contributed by atoms with van der Waals surface area (Å²) in [6.07, 6.45) is 1.19. The number of aromatic nitrogens is 1. The molecule has 12 heteroatoms. The molecular weight excluding hydrogens is 409 g/mol. The summed E-state index contributed by atoms with van der Waals surface area (Å²) in [6.45, 7) is 0. The van der Waals surface area contributed by atoms with E-state index in [4.69, 9.17) is 45.3 Å². The van der Waals surface area contributed by atoms with Crippen molar-refractivity contribution in [2.45, 2.75) is 0 Å². The average Bonchev–Trinajstić information content (AvgIpc) is 2.62. The van der Waals surface area contributed by atoms with Gasteiger partial charge >= 0.3 is 5.69 Å². The summed E-state index contributed by atoms with van der Waals surface area (Å²) in [5.74, 6) is -0.696. The van der Waals surface area contributed by atoms with Crippen LogP contribution < -0.4 is 15.9 Å². The van der Waals surface area contributed by atoms with Crippen molar-refractivity contribution in [1.82, 2.24) is 10.4 Å². The van der Waals surface area contributed by atoms with Gasteiger partial charge in [0.05, 0.1) is 29.0 Å². The van der Waals surface area contributed by atoms with Gasteiger partial charge in [-0.15, -0.1) is 0 Å². The molecule has 0 radical (unpaired) electrons. The maximum absolute atomic E-state index is 12.1. The predicted molar refractivity (Wildman–Crippen MR) is 98.4 cm³/mol. The minimum atomic E-state index is -0.792. The molecule has 26 heavy (non-hydrogen) atoms. The van der Waals surface area contributed by atoms with E-state index in [0.717, 1.165) is 0 Å². The molecule has 1 aromatic carbocycles. The number of nitrogen functional groups attached to an aromatic ring is 1. The number of nitro groups is 1. The molecule has 136 valence electrons. The van der Waals surface area contributed by atoms with Crippen molar-refractivity contribution in [3.05, 3.63) is 54.8 Å². The molecule has 1 amide bonds. The number of nitro benzene ring substituents is 1. The van der Waals surface area contributed by atoms with Gasteiger partial charge in [0, 0.05) is 11.6 Å². The topological polar surface area (TPSA) is 133 Å². The molecule has 0 aliphatic carbocycles. The first kappa shape index (κ1) is 19.7. The maximum Gasteiger partial charge on any atom is 0.311 e. The quantitative estimate of drug-likeness (QED) is 0.331. The first-order valence-electron chi connectivity index (χ1n) is 6.72. The van der Waals surface area contributed by atoms with Crippen LogP contribution in [-0.4, -0.2) is 29.1 Å². The molecule has 1 heterocycles. The number of nitrogens with one attached hydrogen (secondary N) is 1. The van der Waals surface area contributed by atoms with Crippen LogP contribution in [0, 0.1) is 10.1 Å². The third-order valence-electron chi connectivity index (χ3n) is 3.07. The van der Waals surface area contributed by atoms with Gasteiger partial charge in [-0.25, -0.2) is 10.4 Å². The van der Waals surface area contributed by atoms with E-state index in [1.807, 2.05) is 0 Å². The van der Waals surface area contributed by atoms with Crippen LogP contribution in [0.25, 0.3) is 0 Å². The molecule has 0 unspecified atom stereocenters. The van der Waals surface area contributed by atoms with Crippen molar-refractivity contribution in [3.8, 4) is 5.75 Å². The van der Waals surface area contributed by atoms with Gasteiger partial charge in [0.25, 0.3) is 5.91 Å². The minimum Gasteiger partial charge on any atom is -0.490 e. The highest BCUT2D eigenvalue weighted by molar-refractivity contribution is 6.46. The first-order valence-corrected chi connectivity index (χ1v) is 7.85. The average molecular weight is 419 g/mol. The molecule has 0 bridgehead atoms. The Morgan fingerprint density at radius 1 is 1.38 bits per heavy atom. The zero-order valence-electron chi connectivity index (χ0n) is 13.0. The van der Waals surface area contributed by atoms with E-state index in [-0.39, 0.29) is 38.0 Å². The fourth-order valence-corrected chi connectivity index (χ4v) is 2.42. The summed E-state index contributed by atoms with van der Waals surface area (Å²) >= 11 is 17.5. The Kier molecular flexibility index (Phi) is 6.19. The second kappa shape index (κ2) is 8.17. The molecule has 0 aliphatic heterocycles. The van der Waals surface area contributed by atoms with Crippen LogP contribution in [0.5, 0.6) is 5.75 Å². The van der Waals surface area contributed by atoms with Crippen LogP contribution in [0.2, 0.25) is 15.2 Å². The number of benzene rings is 1.